The van der Waals surface area contributed by atoms with Crippen molar-refractivity contribution in [3.63, 3.8) is 0 Å². The van der Waals surface area contributed by atoms with E-state index >= 15 is 0 Å². The number of hydrogen-bond acceptors (Lipinski definition) is 1. The monoisotopic (exact) mass is 213 g/mol. The summed E-state index contributed by atoms with van der Waals surface area (Å²) < 4.78 is 0. The van der Waals surface area contributed by atoms with E-state index in [1.165, 1.54) is 16.8 Å². The van der Waals surface area contributed by atoms with E-state index in [1.807, 2.05) is 0 Å². The van der Waals surface area contributed by atoms with Gasteiger partial charge < -0.3 is 0 Å². The van der Waals surface area contributed by atoms with Gasteiger partial charge in [0.1, 0.15) is 0 Å². The zero-order valence-electron chi connectivity index (χ0n) is 9.95. The van der Waals surface area contributed by atoms with E-state index in [1.54, 1.807) is 0 Å². The Hall–Kier alpha value is -1.37. The van der Waals surface area contributed by atoms with Crippen LogP contribution >= 0.6 is 0 Å². The van der Waals surface area contributed by atoms with Gasteiger partial charge in [-0.25, -0.2) is 0 Å². The molecule has 1 aromatic rings. The van der Waals surface area contributed by atoms with E-state index in [9.17, 15) is 0 Å². The van der Waals surface area contributed by atoms with E-state index in [4.69, 9.17) is 0 Å². The number of benzene rings is 1. The van der Waals surface area contributed by atoms with E-state index in [-0.39, 0.29) is 0 Å². The Balaban J connectivity index is 1.93. The number of aryl methyl sites for hydroxylation is 2. The number of rotatable bonds is 4. The van der Waals surface area contributed by atoms with Crippen molar-refractivity contribution in [2.24, 2.45) is 4.99 Å². The van der Waals surface area contributed by atoms with Crippen LogP contribution in [0, 0.1) is 0 Å². The summed E-state index contributed by atoms with van der Waals surface area (Å²) in [6.07, 6.45) is 8.81. The van der Waals surface area contributed by atoms with Crippen LogP contribution in [-0.4, -0.2) is 12.3 Å². The first-order valence-electron chi connectivity index (χ1n) is 6.16. The Morgan fingerprint density at radius 1 is 1.19 bits per heavy atom. The summed E-state index contributed by atoms with van der Waals surface area (Å²) in [5.74, 6) is 0. The first-order chi connectivity index (χ1) is 7.88. The maximum atomic E-state index is 4.52. The maximum Gasteiger partial charge on any atom is 0.0427 e. The lowest BCUT2D eigenvalue weighted by Crippen LogP contribution is -2.02. The quantitative estimate of drug-likeness (QED) is 0.725. The average molecular weight is 213 g/mol. The van der Waals surface area contributed by atoms with E-state index in [0.717, 1.165) is 32.2 Å². The van der Waals surface area contributed by atoms with Gasteiger partial charge in [-0.1, -0.05) is 37.3 Å². The Morgan fingerprint density at radius 3 is 2.81 bits per heavy atom. The van der Waals surface area contributed by atoms with E-state index in [0.29, 0.717) is 0 Å². The number of allylic oxidation sites excluding steroid dienone is 1. The van der Waals surface area contributed by atoms with Crippen molar-refractivity contribution in [3.05, 3.63) is 47.5 Å². The smallest absolute Gasteiger partial charge is 0.0427 e. The largest absolute Gasteiger partial charge is 0.289 e. The van der Waals surface area contributed by atoms with E-state index in [2.05, 4.69) is 48.3 Å². The molecule has 0 bridgehead atoms. The van der Waals surface area contributed by atoms with Crippen LogP contribution in [-0.2, 0) is 12.8 Å². The molecule has 0 saturated heterocycles. The third kappa shape index (κ3) is 3.06. The second-order valence-corrected chi connectivity index (χ2v) is 4.24. The molecule has 2 rings (SSSR count). The van der Waals surface area contributed by atoms with Crippen LogP contribution in [0.1, 0.15) is 30.9 Å². The molecule has 0 saturated carbocycles. The molecule has 0 unspecified atom stereocenters. The van der Waals surface area contributed by atoms with Crippen molar-refractivity contribution in [1.29, 1.82) is 0 Å². The van der Waals surface area contributed by atoms with Crippen LogP contribution in [0.3, 0.4) is 0 Å². The molecular formula is C15H19N. The van der Waals surface area contributed by atoms with Gasteiger partial charge in [0.05, 0.1) is 0 Å². The Kier molecular flexibility index (Phi) is 3.92. The molecule has 1 heteroatoms. The minimum Gasteiger partial charge on any atom is -0.289 e. The van der Waals surface area contributed by atoms with Gasteiger partial charge in [-0.2, -0.15) is 0 Å². The molecule has 0 N–H and O–H groups in total. The molecule has 1 aliphatic heterocycles. The molecule has 0 atom stereocenters. The number of nitrogens with zero attached hydrogens (tertiary/aromatic N) is 1. The van der Waals surface area contributed by atoms with Crippen molar-refractivity contribution in [2.75, 3.05) is 6.54 Å². The minimum absolute atomic E-state index is 0.973. The van der Waals surface area contributed by atoms with Gasteiger partial charge in [0, 0.05) is 12.3 Å². The third-order valence-electron chi connectivity index (χ3n) is 2.99. The standard InChI is InChI=1S/C15H19N/c1-2-13-6-5-7-14(12-13)9-10-15-8-3-4-11-16-15/h3,5-8,12H,2,4,9-11H2,1H3. The number of aliphatic imine (C=N–C) groups is 1. The van der Waals surface area contributed by atoms with Gasteiger partial charge >= 0.3 is 0 Å². The predicted molar refractivity (Wildman–Crippen MR) is 70.2 cm³/mol. The highest BCUT2D eigenvalue weighted by atomic mass is 14.7. The number of hydrogen-bond donors (Lipinski definition) is 0. The first-order valence-corrected chi connectivity index (χ1v) is 6.16. The molecule has 0 aliphatic carbocycles. The molecular weight excluding hydrogens is 194 g/mol. The van der Waals surface area contributed by atoms with Crippen LogP contribution < -0.4 is 0 Å². The second-order valence-electron chi connectivity index (χ2n) is 4.24. The lowest BCUT2D eigenvalue weighted by molar-refractivity contribution is 0.953. The van der Waals surface area contributed by atoms with Crippen LogP contribution in [0.25, 0.3) is 0 Å². The minimum atomic E-state index is 0.973. The van der Waals surface area contributed by atoms with Crippen LogP contribution in [0.4, 0.5) is 0 Å². The zero-order chi connectivity index (χ0) is 11.2. The molecule has 1 aliphatic rings. The highest BCUT2D eigenvalue weighted by Gasteiger charge is 2.00. The van der Waals surface area contributed by atoms with Gasteiger partial charge in [0.15, 0.2) is 0 Å². The molecule has 0 radical (unpaired) electrons. The topological polar surface area (TPSA) is 12.4 Å². The summed E-state index contributed by atoms with van der Waals surface area (Å²) in [5.41, 5.74) is 4.12. The van der Waals surface area contributed by atoms with Gasteiger partial charge in [0.2, 0.25) is 0 Å². The average Bonchev–Trinajstić information content (AvgIpc) is 2.38. The summed E-state index contributed by atoms with van der Waals surface area (Å²) in [6, 6.07) is 8.88. The Bertz CT molecular complexity index is 402. The molecule has 0 spiro atoms. The van der Waals surface area contributed by atoms with Crippen LogP contribution in [0.5, 0.6) is 0 Å². The van der Waals surface area contributed by atoms with Crippen molar-refractivity contribution in [3.8, 4) is 0 Å². The van der Waals surface area contributed by atoms with Gasteiger partial charge in [-0.05, 0) is 42.9 Å². The Labute approximate surface area is 97.9 Å². The van der Waals surface area contributed by atoms with Crippen LogP contribution in [0.15, 0.2) is 41.4 Å². The second kappa shape index (κ2) is 5.64. The van der Waals surface area contributed by atoms with Crippen molar-refractivity contribution in [1.82, 2.24) is 0 Å². The molecule has 0 aromatic heterocycles. The molecule has 1 aromatic carbocycles. The fraction of sp³-hybridized carbons (Fsp3) is 0.400. The summed E-state index contributed by atoms with van der Waals surface area (Å²) in [5, 5.41) is 0. The summed E-state index contributed by atoms with van der Waals surface area (Å²) in [4.78, 5) is 4.52. The first kappa shape index (κ1) is 11.1. The molecule has 0 fully saturated rings. The van der Waals surface area contributed by atoms with Crippen molar-refractivity contribution >= 4 is 5.71 Å². The number of dihydropyridines is 1. The van der Waals surface area contributed by atoms with Crippen molar-refractivity contribution in [2.45, 2.75) is 32.6 Å². The molecule has 0 amide bonds. The van der Waals surface area contributed by atoms with Gasteiger partial charge in [-0.3, -0.25) is 4.99 Å². The summed E-state index contributed by atoms with van der Waals surface area (Å²) in [7, 11) is 0. The summed E-state index contributed by atoms with van der Waals surface area (Å²) in [6.45, 7) is 3.17. The highest BCUT2D eigenvalue weighted by molar-refractivity contribution is 5.95. The van der Waals surface area contributed by atoms with Gasteiger partial charge in [0.25, 0.3) is 0 Å². The normalized spacial score (nSPS) is 14.9. The van der Waals surface area contributed by atoms with E-state index < -0.39 is 0 Å². The predicted octanol–water partition coefficient (Wildman–Crippen LogP) is 3.58. The highest BCUT2D eigenvalue weighted by Crippen LogP contribution is 2.10. The Morgan fingerprint density at radius 2 is 2.06 bits per heavy atom. The zero-order valence-corrected chi connectivity index (χ0v) is 9.95. The van der Waals surface area contributed by atoms with Crippen LogP contribution in [0.2, 0.25) is 0 Å². The molecule has 84 valence electrons. The third-order valence-corrected chi connectivity index (χ3v) is 2.99. The van der Waals surface area contributed by atoms with Gasteiger partial charge in [-0.15, -0.1) is 0 Å². The molecule has 1 heterocycles. The lowest BCUT2D eigenvalue weighted by atomic mass is 10.0. The maximum absolute atomic E-state index is 4.52. The fourth-order valence-corrected chi connectivity index (χ4v) is 1.99. The summed E-state index contributed by atoms with van der Waals surface area (Å²) >= 11 is 0. The molecule has 16 heavy (non-hydrogen) atoms. The fourth-order valence-electron chi connectivity index (χ4n) is 1.99. The lowest BCUT2D eigenvalue weighted by Gasteiger charge is -2.07. The SMILES string of the molecule is CCc1cccc(CCC2=NCCC=C2)c1. The van der Waals surface area contributed by atoms with Crippen molar-refractivity contribution < 1.29 is 0 Å². The molecule has 1 nitrogen and oxygen atoms in total.